The number of nitrogens with one attached hydrogen (secondary N) is 1. The molecule has 2 atom stereocenters. The predicted molar refractivity (Wildman–Crippen MR) is 93.6 cm³/mol. The van der Waals surface area contributed by atoms with Crippen molar-refractivity contribution in [2.75, 3.05) is 5.32 Å². The van der Waals surface area contributed by atoms with Crippen LogP contribution in [0.1, 0.15) is 23.5 Å². The second-order valence-corrected chi connectivity index (χ2v) is 6.40. The lowest BCUT2D eigenvalue weighted by Crippen LogP contribution is -2.14. The molecule has 1 aliphatic rings. The molecular weight excluding hydrogens is 317 g/mol. The third kappa shape index (κ3) is 3.60. The Hall–Kier alpha value is -2.95. The fourth-order valence-corrected chi connectivity index (χ4v) is 3.08. The van der Waals surface area contributed by atoms with Crippen LogP contribution in [0.4, 0.5) is 10.1 Å². The van der Waals surface area contributed by atoms with Gasteiger partial charge >= 0.3 is 0 Å². The SMILES string of the molecule is O=C(Nc1cnn(Cc2ccc(F)cc2)c1)C1CC1c1ccccc1. The summed E-state index contributed by atoms with van der Waals surface area (Å²) in [6.07, 6.45) is 4.32. The van der Waals surface area contributed by atoms with Gasteiger partial charge in [0.1, 0.15) is 5.82 Å². The minimum atomic E-state index is -0.255. The summed E-state index contributed by atoms with van der Waals surface area (Å²) in [7, 11) is 0. The Morgan fingerprint density at radius 3 is 2.68 bits per heavy atom. The molecule has 2 unspecified atom stereocenters. The second-order valence-electron chi connectivity index (χ2n) is 6.40. The molecule has 1 heterocycles. The van der Waals surface area contributed by atoms with Gasteiger partial charge in [0.05, 0.1) is 18.4 Å². The van der Waals surface area contributed by atoms with Gasteiger partial charge in [0.15, 0.2) is 0 Å². The van der Waals surface area contributed by atoms with Crippen molar-refractivity contribution in [3.8, 4) is 0 Å². The largest absolute Gasteiger partial charge is 0.323 e. The molecule has 3 aromatic rings. The Morgan fingerprint density at radius 1 is 1.16 bits per heavy atom. The average molecular weight is 335 g/mol. The van der Waals surface area contributed by atoms with Crippen LogP contribution in [0.25, 0.3) is 0 Å². The lowest BCUT2D eigenvalue weighted by atomic mass is 10.1. The van der Waals surface area contributed by atoms with Gasteiger partial charge in [-0.1, -0.05) is 42.5 Å². The molecule has 1 fully saturated rings. The Balaban J connectivity index is 1.35. The standard InChI is InChI=1S/C20H18FN3O/c21-16-8-6-14(7-9-16)12-24-13-17(11-22-24)23-20(25)19-10-18(19)15-4-2-1-3-5-15/h1-9,11,13,18-19H,10,12H2,(H,23,25). The topological polar surface area (TPSA) is 46.9 Å². The second kappa shape index (κ2) is 6.51. The van der Waals surface area contributed by atoms with E-state index < -0.39 is 0 Å². The van der Waals surface area contributed by atoms with Crippen LogP contribution in [0.5, 0.6) is 0 Å². The Labute approximate surface area is 145 Å². The van der Waals surface area contributed by atoms with Crippen molar-refractivity contribution in [2.45, 2.75) is 18.9 Å². The van der Waals surface area contributed by atoms with Gasteiger partial charge in [0.25, 0.3) is 0 Å². The molecule has 126 valence electrons. The van der Waals surface area contributed by atoms with Gasteiger partial charge < -0.3 is 5.32 Å². The third-order valence-electron chi connectivity index (χ3n) is 4.51. The van der Waals surface area contributed by atoms with Gasteiger partial charge in [-0.05, 0) is 35.6 Å². The fourth-order valence-electron chi connectivity index (χ4n) is 3.08. The number of carbonyl (C=O) groups excluding carboxylic acids is 1. The highest BCUT2D eigenvalue weighted by Crippen LogP contribution is 2.47. The number of hydrogen-bond donors (Lipinski definition) is 1. The first-order valence-corrected chi connectivity index (χ1v) is 8.32. The van der Waals surface area contributed by atoms with Crippen LogP contribution < -0.4 is 5.32 Å². The summed E-state index contributed by atoms with van der Waals surface area (Å²) < 4.78 is 14.7. The molecule has 0 radical (unpaired) electrons. The van der Waals surface area contributed by atoms with Crippen LogP contribution in [0, 0.1) is 11.7 Å². The van der Waals surface area contributed by atoms with Crippen LogP contribution in [0.3, 0.4) is 0 Å². The number of rotatable bonds is 5. The van der Waals surface area contributed by atoms with E-state index in [2.05, 4.69) is 22.5 Å². The van der Waals surface area contributed by atoms with Crippen molar-refractivity contribution in [3.63, 3.8) is 0 Å². The van der Waals surface area contributed by atoms with Crippen LogP contribution in [-0.2, 0) is 11.3 Å². The molecule has 2 aromatic carbocycles. The van der Waals surface area contributed by atoms with Crippen molar-refractivity contribution in [2.24, 2.45) is 5.92 Å². The molecule has 0 saturated heterocycles. The molecule has 1 N–H and O–H groups in total. The molecule has 4 rings (SSSR count). The van der Waals surface area contributed by atoms with E-state index in [0.29, 0.717) is 18.2 Å². The number of hydrogen-bond acceptors (Lipinski definition) is 2. The number of amides is 1. The first-order chi connectivity index (χ1) is 12.2. The average Bonchev–Trinajstić information content (AvgIpc) is 3.33. The van der Waals surface area contributed by atoms with E-state index >= 15 is 0 Å². The number of anilines is 1. The summed E-state index contributed by atoms with van der Waals surface area (Å²) in [5, 5.41) is 7.19. The van der Waals surface area contributed by atoms with Gasteiger partial charge in [-0.3, -0.25) is 9.48 Å². The van der Waals surface area contributed by atoms with Crippen molar-refractivity contribution in [1.29, 1.82) is 0 Å². The highest BCUT2D eigenvalue weighted by atomic mass is 19.1. The Bertz CT molecular complexity index is 873. The molecule has 0 spiro atoms. The summed E-state index contributed by atoms with van der Waals surface area (Å²) in [6, 6.07) is 16.4. The predicted octanol–water partition coefficient (Wildman–Crippen LogP) is 3.81. The van der Waals surface area contributed by atoms with E-state index in [4.69, 9.17) is 0 Å². The van der Waals surface area contributed by atoms with Crippen molar-refractivity contribution < 1.29 is 9.18 Å². The van der Waals surface area contributed by atoms with Crippen LogP contribution in [0.2, 0.25) is 0 Å². The van der Waals surface area contributed by atoms with Crippen molar-refractivity contribution >= 4 is 11.6 Å². The van der Waals surface area contributed by atoms with E-state index in [1.807, 2.05) is 18.2 Å². The summed E-state index contributed by atoms with van der Waals surface area (Å²) in [5.41, 5.74) is 2.86. The lowest BCUT2D eigenvalue weighted by Gasteiger charge is -2.03. The zero-order valence-electron chi connectivity index (χ0n) is 13.6. The summed E-state index contributed by atoms with van der Waals surface area (Å²) >= 11 is 0. The normalized spacial score (nSPS) is 18.8. The van der Waals surface area contributed by atoms with Gasteiger partial charge in [-0.15, -0.1) is 0 Å². The first-order valence-electron chi connectivity index (χ1n) is 8.32. The molecule has 1 aliphatic carbocycles. The molecule has 1 amide bonds. The number of halogens is 1. The fraction of sp³-hybridized carbons (Fsp3) is 0.200. The number of benzene rings is 2. The first kappa shape index (κ1) is 15.6. The van der Waals surface area contributed by atoms with Gasteiger partial charge in [-0.2, -0.15) is 5.10 Å². The summed E-state index contributed by atoms with van der Waals surface area (Å²) in [6.45, 7) is 0.534. The van der Waals surface area contributed by atoms with Gasteiger partial charge in [0, 0.05) is 12.1 Å². The van der Waals surface area contributed by atoms with Crippen LogP contribution >= 0.6 is 0 Å². The van der Waals surface area contributed by atoms with Crippen molar-refractivity contribution in [3.05, 3.63) is 83.9 Å². The quantitative estimate of drug-likeness (QED) is 0.771. The van der Waals surface area contributed by atoms with Crippen LogP contribution in [0.15, 0.2) is 67.0 Å². The number of carbonyl (C=O) groups is 1. The maximum absolute atomic E-state index is 12.9. The Morgan fingerprint density at radius 2 is 1.92 bits per heavy atom. The smallest absolute Gasteiger partial charge is 0.228 e. The molecule has 4 nitrogen and oxygen atoms in total. The minimum Gasteiger partial charge on any atom is -0.323 e. The zero-order chi connectivity index (χ0) is 17.2. The maximum atomic E-state index is 12.9. The molecule has 1 saturated carbocycles. The Kier molecular flexibility index (Phi) is 4.06. The molecule has 1 aromatic heterocycles. The lowest BCUT2D eigenvalue weighted by molar-refractivity contribution is -0.117. The van der Waals surface area contributed by atoms with E-state index in [-0.39, 0.29) is 17.6 Å². The number of nitrogens with zero attached hydrogens (tertiary/aromatic N) is 2. The van der Waals surface area contributed by atoms with Gasteiger partial charge in [0.2, 0.25) is 5.91 Å². The summed E-state index contributed by atoms with van der Waals surface area (Å²) in [5.74, 6) is 0.128. The highest BCUT2D eigenvalue weighted by molar-refractivity contribution is 5.95. The monoisotopic (exact) mass is 335 g/mol. The molecule has 0 aliphatic heterocycles. The number of aromatic nitrogens is 2. The molecule has 5 heteroatoms. The molecule has 0 bridgehead atoms. The van der Waals surface area contributed by atoms with E-state index in [1.165, 1.54) is 17.7 Å². The molecular formula is C20H18FN3O. The van der Waals surface area contributed by atoms with E-state index in [1.54, 1.807) is 29.2 Å². The molecule has 25 heavy (non-hydrogen) atoms. The summed E-state index contributed by atoms with van der Waals surface area (Å²) in [4.78, 5) is 12.4. The van der Waals surface area contributed by atoms with E-state index in [0.717, 1.165) is 12.0 Å². The maximum Gasteiger partial charge on any atom is 0.228 e. The van der Waals surface area contributed by atoms with Crippen LogP contribution in [-0.4, -0.2) is 15.7 Å². The third-order valence-corrected chi connectivity index (χ3v) is 4.51. The zero-order valence-corrected chi connectivity index (χ0v) is 13.6. The van der Waals surface area contributed by atoms with E-state index in [9.17, 15) is 9.18 Å². The van der Waals surface area contributed by atoms with Gasteiger partial charge in [-0.25, -0.2) is 4.39 Å². The minimum absolute atomic E-state index is 0.0304. The highest BCUT2D eigenvalue weighted by Gasteiger charge is 2.43. The van der Waals surface area contributed by atoms with Crippen molar-refractivity contribution in [1.82, 2.24) is 9.78 Å².